The van der Waals surface area contributed by atoms with Crippen LogP contribution in [-0.4, -0.2) is 25.6 Å². The van der Waals surface area contributed by atoms with Crippen molar-refractivity contribution in [2.24, 2.45) is 29.6 Å². The highest BCUT2D eigenvalue weighted by Gasteiger charge is 2.46. The van der Waals surface area contributed by atoms with E-state index in [-0.39, 0.29) is 46.9 Å². The van der Waals surface area contributed by atoms with Gasteiger partial charge in [0.15, 0.2) is 6.29 Å². The van der Waals surface area contributed by atoms with Gasteiger partial charge in [-0.15, -0.1) is 0 Å². The molecule has 0 spiro atoms. The van der Waals surface area contributed by atoms with Crippen molar-refractivity contribution in [3.63, 3.8) is 0 Å². The fourth-order valence-electron chi connectivity index (χ4n) is 7.13. The maximum absolute atomic E-state index is 15.1. The third-order valence-corrected chi connectivity index (χ3v) is 10.1. The van der Waals surface area contributed by atoms with E-state index in [9.17, 15) is 8.78 Å². The number of hydrogen-bond donors (Lipinski definition) is 0. The van der Waals surface area contributed by atoms with Crippen LogP contribution in [0.2, 0.25) is 5.02 Å². The first-order valence-corrected chi connectivity index (χ1v) is 16.2. The standard InChI is InChI=1S/C34H43ClF4O3/c1-2-3-4-5-22-6-8-23(9-7-22)26-20-40-33(41-21-26)24-10-13-27(14-11-24)34(38,39)42-28-15-16-29(31(36)19-28)25-12-17-30(35)32(37)18-25/h12,15-19,22-24,26-27,33H,2-11,13-14,20-21H2,1H3. The molecule has 232 valence electrons. The topological polar surface area (TPSA) is 27.7 Å². The number of hydrogen-bond acceptors (Lipinski definition) is 3. The Hall–Kier alpha value is -1.83. The number of rotatable bonds is 10. The zero-order valence-electron chi connectivity index (χ0n) is 24.4. The summed E-state index contributed by atoms with van der Waals surface area (Å²) in [7, 11) is 0. The van der Waals surface area contributed by atoms with Gasteiger partial charge in [0.1, 0.15) is 17.4 Å². The molecule has 3 nitrogen and oxygen atoms in total. The van der Waals surface area contributed by atoms with Crippen molar-refractivity contribution in [2.75, 3.05) is 13.2 Å². The highest BCUT2D eigenvalue weighted by Crippen LogP contribution is 2.44. The number of halogens is 5. The number of unbranched alkanes of at least 4 members (excludes halogenated alkanes) is 2. The summed E-state index contributed by atoms with van der Waals surface area (Å²) in [6, 6.07) is 7.41. The lowest BCUT2D eigenvalue weighted by Crippen LogP contribution is -2.43. The van der Waals surface area contributed by atoms with E-state index < -0.39 is 23.7 Å². The van der Waals surface area contributed by atoms with E-state index in [1.807, 2.05) is 0 Å². The molecule has 0 N–H and O–H groups in total. The van der Waals surface area contributed by atoms with Crippen LogP contribution in [0.15, 0.2) is 36.4 Å². The van der Waals surface area contributed by atoms with Crippen molar-refractivity contribution in [3.8, 4) is 16.9 Å². The lowest BCUT2D eigenvalue weighted by atomic mass is 9.74. The average molecular weight is 611 g/mol. The van der Waals surface area contributed by atoms with Gasteiger partial charge in [-0.3, -0.25) is 0 Å². The van der Waals surface area contributed by atoms with Gasteiger partial charge in [0.05, 0.1) is 24.2 Å². The Morgan fingerprint density at radius 1 is 0.810 bits per heavy atom. The minimum absolute atomic E-state index is 0.0755. The van der Waals surface area contributed by atoms with Gasteiger partial charge >= 0.3 is 6.11 Å². The van der Waals surface area contributed by atoms with Crippen LogP contribution in [-0.2, 0) is 9.47 Å². The number of benzene rings is 2. The molecule has 1 aliphatic heterocycles. The van der Waals surface area contributed by atoms with Gasteiger partial charge in [0.25, 0.3) is 0 Å². The smallest absolute Gasteiger partial charge is 0.400 e. The van der Waals surface area contributed by atoms with E-state index in [2.05, 4.69) is 6.92 Å². The Bertz CT molecular complexity index is 1150. The van der Waals surface area contributed by atoms with E-state index >= 15 is 8.78 Å². The average Bonchev–Trinajstić information content (AvgIpc) is 2.99. The van der Waals surface area contributed by atoms with Crippen LogP contribution in [0.4, 0.5) is 17.6 Å². The van der Waals surface area contributed by atoms with Crippen molar-refractivity contribution in [2.45, 2.75) is 96.4 Å². The molecule has 2 aromatic rings. The Kier molecular flexibility index (Phi) is 10.8. The maximum Gasteiger partial charge on any atom is 0.400 e. The summed E-state index contributed by atoms with van der Waals surface area (Å²) in [4.78, 5) is 0. The van der Waals surface area contributed by atoms with Crippen LogP contribution < -0.4 is 4.74 Å². The highest BCUT2D eigenvalue weighted by atomic mass is 35.5. The van der Waals surface area contributed by atoms with E-state index in [1.165, 1.54) is 75.6 Å². The number of alkyl halides is 2. The molecule has 0 radical (unpaired) electrons. The monoisotopic (exact) mass is 610 g/mol. The Morgan fingerprint density at radius 3 is 2.14 bits per heavy atom. The summed E-state index contributed by atoms with van der Waals surface area (Å²) in [5.41, 5.74) is 0.334. The van der Waals surface area contributed by atoms with Crippen molar-refractivity contribution in [3.05, 3.63) is 53.1 Å². The van der Waals surface area contributed by atoms with Gasteiger partial charge in [-0.05, 0) is 80.2 Å². The quantitative estimate of drug-likeness (QED) is 0.198. The maximum atomic E-state index is 15.1. The largest absolute Gasteiger partial charge is 0.432 e. The Labute approximate surface area is 252 Å². The van der Waals surface area contributed by atoms with E-state index in [0.717, 1.165) is 18.1 Å². The summed E-state index contributed by atoms with van der Waals surface area (Å²) < 4.78 is 76.1. The lowest BCUT2D eigenvalue weighted by Gasteiger charge is -2.41. The summed E-state index contributed by atoms with van der Waals surface area (Å²) in [6.07, 6.45) is 8.37. The van der Waals surface area contributed by atoms with Gasteiger partial charge in [-0.1, -0.05) is 63.1 Å². The molecule has 0 unspecified atom stereocenters. The minimum atomic E-state index is -3.44. The summed E-state index contributed by atoms with van der Waals surface area (Å²) in [6.45, 7) is 3.64. The van der Waals surface area contributed by atoms with Crippen molar-refractivity contribution in [1.82, 2.24) is 0 Å². The molecule has 2 aliphatic carbocycles. The van der Waals surface area contributed by atoms with Gasteiger partial charge in [0, 0.05) is 23.5 Å². The molecule has 0 bridgehead atoms. The third-order valence-electron chi connectivity index (χ3n) is 9.78. The minimum Gasteiger partial charge on any atom is -0.432 e. The molecule has 1 saturated heterocycles. The summed E-state index contributed by atoms with van der Waals surface area (Å²) in [5, 5.41) is -0.0789. The van der Waals surface area contributed by atoms with Crippen LogP contribution in [0.25, 0.3) is 11.1 Å². The van der Waals surface area contributed by atoms with Crippen LogP contribution in [0.1, 0.15) is 84.0 Å². The van der Waals surface area contributed by atoms with Crippen molar-refractivity contribution in [1.29, 1.82) is 0 Å². The summed E-state index contributed by atoms with van der Waals surface area (Å²) in [5.74, 6) is -0.660. The molecule has 0 atom stereocenters. The van der Waals surface area contributed by atoms with Crippen molar-refractivity contribution < 1.29 is 31.8 Å². The zero-order chi connectivity index (χ0) is 29.7. The van der Waals surface area contributed by atoms with Crippen molar-refractivity contribution >= 4 is 11.6 Å². The first kappa shape index (κ1) is 31.6. The molecule has 8 heteroatoms. The highest BCUT2D eigenvalue weighted by molar-refractivity contribution is 6.30. The molecule has 5 rings (SSSR count). The predicted octanol–water partition coefficient (Wildman–Crippen LogP) is 10.4. The lowest BCUT2D eigenvalue weighted by molar-refractivity contribution is -0.251. The molecule has 1 heterocycles. The molecule has 2 saturated carbocycles. The number of ether oxygens (including phenoxy) is 3. The molecule has 0 amide bonds. The van der Waals surface area contributed by atoms with E-state index in [1.54, 1.807) is 0 Å². The SMILES string of the molecule is CCCCCC1CCC(C2COC(C3CCC(C(F)(F)Oc4ccc(-c5ccc(Cl)c(F)c5)c(F)c4)CC3)OC2)CC1. The van der Waals surface area contributed by atoms with Crippen LogP contribution in [0.3, 0.4) is 0 Å². The first-order chi connectivity index (χ1) is 20.2. The Morgan fingerprint density at radius 2 is 1.50 bits per heavy atom. The fraction of sp³-hybridized carbons (Fsp3) is 0.647. The van der Waals surface area contributed by atoms with Gasteiger partial charge < -0.3 is 14.2 Å². The Balaban J connectivity index is 1.06. The molecular formula is C34H43ClF4O3. The first-order valence-electron chi connectivity index (χ1n) is 15.8. The zero-order valence-corrected chi connectivity index (χ0v) is 25.2. The second-order valence-corrected chi connectivity index (χ2v) is 13.0. The van der Waals surface area contributed by atoms with Gasteiger partial charge in [0.2, 0.25) is 0 Å². The molecule has 3 fully saturated rings. The molecule has 3 aliphatic rings. The third kappa shape index (κ3) is 7.81. The van der Waals surface area contributed by atoms with Gasteiger partial charge in [-0.2, -0.15) is 8.78 Å². The second-order valence-electron chi connectivity index (χ2n) is 12.6. The fourth-order valence-corrected chi connectivity index (χ4v) is 7.25. The second kappa shape index (κ2) is 14.3. The molecule has 0 aromatic heterocycles. The van der Waals surface area contributed by atoms with Crippen LogP contribution in [0, 0.1) is 41.2 Å². The summed E-state index contributed by atoms with van der Waals surface area (Å²) >= 11 is 5.70. The van der Waals surface area contributed by atoms with Crippen LogP contribution >= 0.6 is 11.6 Å². The normalized spacial score (nSPS) is 28.9. The van der Waals surface area contributed by atoms with Gasteiger partial charge in [-0.25, -0.2) is 8.78 Å². The molecular weight excluding hydrogens is 568 g/mol. The van der Waals surface area contributed by atoms with E-state index in [0.29, 0.717) is 37.9 Å². The van der Waals surface area contributed by atoms with E-state index in [4.69, 9.17) is 25.8 Å². The molecule has 42 heavy (non-hydrogen) atoms. The predicted molar refractivity (Wildman–Crippen MR) is 157 cm³/mol. The molecule has 2 aromatic carbocycles. The van der Waals surface area contributed by atoms with Crippen LogP contribution in [0.5, 0.6) is 5.75 Å².